The highest BCUT2D eigenvalue weighted by Crippen LogP contribution is 2.76. The van der Waals surface area contributed by atoms with Crippen molar-refractivity contribution in [3.8, 4) is 0 Å². The van der Waals surface area contributed by atoms with Gasteiger partial charge in [-0.05, 0) is 139 Å². The van der Waals surface area contributed by atoms with Crippen LogP contribution in [0.1, 0.15) is 140 Å². The number of carboxylic acid groups (broad SMARTS) is 1. The van der Waals surface area contributed by atoms with Crippen LogP contribution in [0.5, 0.6) is 0 Å². The van der Waals surface area contributed by atoms with Crippen molar-refractivity contribution in [3.05, 3.63) is 0 Å². The zero-order valence-electron chi connectivity index (χ0n) is 28.3. The van der Waals surface area contributed by atoms with Gasteiger partial charge in [-0.2, -0.15) is 0 Å². The molecule has 5 fully saturated rings. The van der Waals surface area contributed by atoms with Crippen LogP contribution in [0.3, 0.4) is 0 Å². The first-order chi connectivity index (χ1) is 19.1. The molecule has 1 heterocycles. The summed E-state index contributed by atoms with van der Waals surface area (Å²) >= 11 is 0. The number of aliphatic hydroxyl groups is 1. The van der Waals surface area contributed by atoms with Gasteiger partial charge in [0.05, 0.1) is 29.1 Å². The van der Waals surface area contributed by atoms with Crippen LogP contribution >= 0.6 is 0 Å². The van der Waals surface area contributed by atoms with Crippen LogP contribution < -0.4 is 0 Å². The molecular weight excluding hydrogens is 528 g/mol. The Hall–Kier alpha value is -1.14. The van der Waals surface area contributed by atoms with E-state index in [4.69, 9.17) is 9.47 Å². The highest BCUT2D eigenvalue weighted by atomic mass is 16.5. The van der Waals surface area contributed by atoms with Crippen molar-refractivity contribution in [1.29, 1.82) is 0 Å². The first-order valence-electron chi connectivity index (χ1n) is 16.9. The molecule has 240 valence electrons. The fourth-order valence-corrected chi connectivity index (χ4v) is 12.1. The number of ether oxygens (including phenoxy) is 2. The van der Waals surface area contributed by atoms with E-state index in [2.05, 4.69) is 55.4 Å². The molecule has 10 atom stereocenters. The van der Waals surface area contributed by atoms with E-state index in [1.165, 1.54) is 6.42 Å². The van der Waals surface area contributed by atoms with Crippen molar-refractivity contribution in [2.75, 3.05) is 0 Å². The number of rotatable bonds is 5. The number of fused-ring (bicyclic) bond motifs is 5. The molecule has 6 nitrogen and oxygen atoms in total. The van der Waals surface area contributed by atoms with E-state index in [0.717, 1.165) is 57.8 Å². The molecule has 0 aromatic heterocycles. The van der Waals surface area contributed by atoms with Gasteiger partial charge in [0.25, 0.3) is 0 Å². The van der Waals surface area contributed by atoms with E-state index in [1.54, 1.807) is 13.8 Å². The molecule has 0 aromatic carbocycles. The Kier molecular flexibility index (Phi) is 7.63. The molecule has 0 radical (unpaired) electrons. The van der Waals surface area contributed by atoms with Gasteiger partial charge in [0.2, 0.25) is 0 Å². The highest BCUT2D eigenvalue weighted by Gasteiger charge is 2.72. The van der Waals surface area contributed by atoms with E-state index >= 15 is 0 Å². The van der Waals surface area contributed by atoms with Gasteiger partial charge in [-0.1, -0.05) is 34.6 Å². The highest BCUT2D eigenvalue weighted by molar-refractivity contribution is 5.81. The molecule has 1 saturated heterocycles. The molecule has 4 aliphatic carbocycles. The van der Waals surface area contributed by atoms with Gasteiger partial charge in [0.1, 0.15) is 6.10 Å². The molecule has 0 spiro atoms. The quantitative estimate of drug-likeness (QED) is 0.319. The summed E-state index contributed by atoms with van der Waals surface area (Å²) < 4.78 is 13.0. The molecule has 0 amide bonds. The summed E-state index contributed by atoms with van der Waals surface area (Å²) in [4.78, 5) is 24.6. The summed E-state index contributed by atoms with van der Waals surface area (Å²) in [5, 5.41) is 21.7. The zero-order valence-corrected chi connectivity index (χ0v) is 28.3. The van der Waals surface area contributed by atoms with Gasteiger partial charge in [0.15, 0.2) is 0 Å². The topological polar surface area (TPSA) is 93.1 Å². The van der Waals surface area contributed by atoms with Gasteiger partial charge in [-0.15, -0.1) is 0 Å². The fourth-order valence-electron chi connectivity index (χ4n) is 12.1. The minimum Gasteiger partial charge on any atom is -0.481 e. The second-order valence-electron chi connectivity index (χ2n) is 18.2. The maximum atomic E-state index is 12.9. The Balaban J connectivity index is 1.39. The van der Waals surface area contributed by atoms with E-state index in [-0.39, 0.29) is 57.4 Å². The minimum atomic E-state index is -1.14. The molecule has 42 heavy (non-hydrogen) atoms. The number of esters is 1. The number of aliphatic hydroxyl groups excluding tert-OH is 1. The third-order valence-corrected chi connectivity index (χ3v) is 14.5. The second kappa shape index (κ2) is 9.93. The second-order valence-corrected chi connectivity index (χ2v) is 18.2. The Bertz CT molecular complexity index is 1090. The average molecular weight is 589 g/mol. The van der Waals surface area contributed by atoms with Crippen molar-refractivity contribution >= 4 is 11.9 Å². The normalized spacial score (nSPS) is 48.0. The largest absolute Gasteiger partial charge is 0.481 e. The van der Waals surface area contributed by atoms with Crippen LogP contribution in [-0.4, -0.2) is 45.6 Å². The number of carbonyl (C=O) groups excluding carboxylic acids is 1. The number of hydrogen-bond acceptors (Lipinski definition) is 5. The van der Waals surface area contributed by atoms with Crippen molar-refractivity contribution in [3.63, 3.8) is 0 Å². The number of aliphatic carboxylic acids is 1. The summed E-state index contributed by atoms with van der Waals surface area (Å²) in [6.45, 7) is 22.0. The Labute approximate surface area is 255 Å². The van der Waals surface area contributed by atoms with Crippen LogP contribution in [0.15, 0.2) is 0 Å². The summed E-state index contributed by atoms with van der Waals surface area (Å²) in [5.41, 5.74) is -1.45. The summed E-state index contributed by atoms with van der Waals surface area (Å²) in [5.74, 6) is 0.00402. The van der Waals surface area contributed by atoms with Crippen molar-refractivity contribution < 1.29 is 29.3 Å². The lowest BCUT2D eigenvalue weighted by atomic mass is 9.35. The maximum absolute atomic E-state index is 12.9. The average Bonchev–Trinajstić information content (AvgIpc) is 3.22. The summed E-state index contributed by atoms with van der Waals surface area (Å²) in [7, 11) is 0. The number of carbonyl (C=O) groups is 2. The number of carboxylic acids is 1. The lowest BCUT2D eigenvalue weighted by Gasteiger charge is -2.70. The fraction of sp³-hybridized carbons (Fsp3) is 0.944. The van der Waals surface area contributed by atoms with Crippen LogP contribution in [0.4, 0.5) is 0 Å². The molecule has 0 unspecified atom stereocenters. The summed E-state index contributed by atoms with van der Waals surface area (Å²) in [6.07, 6.45) is 9.78. The molecule has 1 aliphatic heterocycles. The number of hydrogen-bond donors (Lipinski definition) is 2. The molecule has 5 rings (SSSR count). The Morgan fingerprint density at radius 2 is 1.50 bits per heavy atom. The first-order valence-corrected chi connectivity index (χ1v) is 16.9. The van der Waals surface area contributed by atoms with E-state index in [9.17, 15) is 19.8 Å². The predicted octanol–water partition coefficient (Wildman–Crippen LogP) is 7.79. The third-order valence-electron chi connectivity index (χ3n) is 14.5. The zero-order chi connectivity index (χ0) is 31.3. The van der Waals surface area contributed by atoms with Crippen molar-refractivity contribution in [1.82, 2.24) is 0 Å². The molecule has 2 N–H and O–H groups in total. The van der Waals surface area contributed by atoms with E-state index in [1.807, 2.05) is 0 Å². The molecule has 5 aliphatic rings. The SMILES string of the molecule is CC1(C)CCC[C@](C)([C@H]2CC[C@]3(C)[C@@H]2[C@H](O)C[C@@H]2[C@@]4(C)CC[C@H](OC(=O)CC(C)(C)C(=O)O)C(C)(C)[C@@H]4CC[C@]23C)O1. The van der Waals surface area contributed by atoms with E-state index in [0.29, 0.717) is 17.8 Å². The first kappa shape index (κ1) is 32.3. The van der Waals surface area contributed by atoms with Gasteiger partial charge in [0, 0.05) is 5.41 Å². The Morgan fingerprint density at radius 3 is 2.12 bits per heavy atom. The van der Waals surface area contributed by atoms with Gasteiger partial charge >= 0.3 is 11.9 Å². The lowest BCUT2D eigenvalue weighted by Crippen LogP contribution is -2.67. The predicted molar refractivity (Wildman–Crippen MR) is 164 cm³/mol. The van der Waals surface area contributed by atoms with Crippen LogP contribution in [0, 0.1) is 50.7 Å². The van der Waals surface area contributed by atoms with E-state index < -0.39 is 17.4 Å². The van der Waals surface area contributed by atoms with Crippen molar-refractivity contribution in [2.24, 2.45) is 50.7 Å². The van der Waals surface area contributed by atoms with Gasteiger partial charge in [-0.3, -0.25) is 9.59 Å². The molecular formula is C36H60O6. The maximum Gasteiger partial charge on any atom is 0.309 e. The molecule has 6 heteroatoms. The minimum absolute atomic E-state index is 0.0417. The molecule has 0 bridgehead atoms. The monoisotopic (exact) mass is 588 g/mol. The molecule has 4 saturated carbocycles. The van der Waals surface area contributed by atoms with Gasteiger partial charge in [-0.25, -0.2) is 0 Å². The lowest BCUT2D eigenvalue weighted by molar-refractivity contribution is -0.259. The van der Waals surface area contributed by atoms with Crippen LogP contribution in [0.25, 0.3) is 0 Å². The van der Waals surface area contributed by atoms with Gasteiger partial charge < -0.3 is 19.7 Å². The third kappa shape index (κ3) is 4.70. The van der Waals surface area contributed by atoms with Crippen molar-refractivity contribution in [2.45, 2.75) is 163 Å². The smallest absolute Gasteiger partial charge is 0.309 e. The van der Waals surface area contributed by atoms with Crippen LogP contribution in [0.2, 0.25) is 0 Å². The standard InChI is InChI=1S/C36H60O6/c1-30(2,29(39)40)21-27(38)41-26-14-17-33(7)24(32(26,5)6)13-19-34(8)25(33)20-23(37)28-22(12-18-35(28,34)9)36(10)16-11-15-31(3,4)42-36/h22-26,28,37H,11-21H2,1-10H3,(H,39,40)/t22-,23+,24-,25+,26-,28-,33-,34+,35+,36+/m0/s1. The summed E-state index contributed by atoms with van der Waals surface area (Å²) in [6, 6.07) is 0. The Morgan fingerprint density at radius 1 is 0.857 bits per heavy atom. The van der Waals surface area contributed by atoms with Crippen LogP contribution in [-0.2, 0) is 19.1 Å². The molecule has 0 aromatic rings.